The fourth-order valence-corrected chi connectivity index (χ4v) is 6.71. The third kappa shape index (κ3) is 3.99. The van der Waals surface area contributed by atoms with E-state index in [-0.39, 0.29) is 5.91 Å². The first kappa shape index (κ1) is 17.2. The highest BCUT2D eigenvalue weighted by Crippen LogP contribution is 2.43. The first-order valence-electron chi connectivity index (χ1n) is 8.58. The van der Waals surface area contributed by atoms with Crippen molar-refractivity contribution in [3.8, 4) is 0 Å². The number of rotatable bonds is 3. The van der Waals surface area contributed by atoms with Crippen LogP contribution < -0.4 is 4.90 Å². The van der Waals surface area contributed by atoms with E-state index >= 15 is 0 Å². The van der Waals surface area contributed by atoms with Gasteiger partial charge >= 0.3 is 0 Å². The van der Waals surface area contributed by atoms with Gasteiger partial charge in [-0.2, -0.15) is 0 Å². The summed E-state index contributed by atoms with van der Waals surface area (Å²) < 4.78 is 0.528. The molecule has 0 atom stereocenters. The molecular weight excluding hydrogens is 370 g/mol. The van der Waals surface area contributed by atoms with Gasteiger partial charge in [-0.25, -0.2) is 4.98 Å². The maximum Gasteiger partial charge on any atom is 0.253 e. The number of nitrogens with zero attached hydrogens (tertiary/aromatic N) is 3. The summed E-state index contributed by atoms with van der Waals surface area (Å²) in [5.41, 5.74) is 2.14. The normalized spacial score (nSPS) is 19.2. The molecule has 25 heavy (non-hydrogen) atoms. The summed E-state index contributed by atoms with van der Waals surface area (Å²) in [7, 11) is 0. The quantitative estimate of drug-likeness (QED) is 0.791. The summed E-state index contributed by atoms with van der Waals surface area (Å²) in [6.45, 7) is 3.22. The topological polar surface area (TPSA) is 36.4 Å². The molecule has 7 heteroatoms. The van der Waals surface area contributed by atoms with Crippen molar-refractivity contribution >= 4 is 45.9 Å². The molecule has 0 unspecified atom stereocenters. The summed E-state index contributed by atoms with van der Waals surface area (Å²) in [4.78, 5) is 21.3. The molecular formula is C18H21N3OS3. The molecule has 2 aliphatic rings. The number of anilines is 1. The predicted molar refractivity (Wildman–Crippen MR) is 109 cm³/mol. The molecule has 0 saturated carbocycles. The van der Waals surface area contributed by atoms with Crippen molar-refractivity contribution in [2.75, 3.05) is 42.6 Å². The third-order valence-electron chi connectivity index (χ3n) is 4.51. The molecule has 0 bridgehead atoms. The number of carbonyl (C=O) groups is 1. The Morgan fingerprint density at radius 3 is 2.40 bits per heavy atom. The van der Waals surface area contributed by atoms with E-state index < -0.39 is 0 Å². The first-order valence-corrected chi connectivity index (χ1v) is 11.6. The second-order valence-corrected chi connectivity index (χ2v) is 9.74. The molecule has 4 rings (SSSR count). The average Bonchev–Trinajstić information content (AvgIpc) is 3.23. The van der Waals surface area contributed by atoms with Gasteiger partial charge in [0.25, 0.3) is 5.91 Å². The van der Waals surface area contributed by atoms with Gasteiger partial charge in [0.05, 0.1) is 4.58 Å². The number of thioether (sulfide) groups is 2. The Morgan fingerprint density at radius 2 is 1.76 bits per heavy atom. The third-order valence-corrected chi connectivity index (χ3v) is 8.36. The van der Waals surface area contributed by atoms with Crippen molar-refractivity contribution in [2.24, 2.45) is 0 Å². The van der Waals surface area contributed by atoms with E-state index in [1.807, 2.05) is 52.1 Å². The lowest BCUT2D eigenvalue weighted by atomic mass is 10.1. The van der Waals surface area contributed by atoms with Gasteiger partial charge in [-0.05, 0) is 35.6 Å². The molecule has 2 aliphatic heterocycles. The molecule has 132 valence electrons. The van der Waals surface area contributed by atoms with Crippen molar-refractivity contribution in [3.63, 3.8) is 0 Å². The fraction of sp³-hybridized carbons (Fsp3) is 0.444. The van der Waals surface area contributed by atoms with E-state index in [0.29, 0.717) is 4.58 Å². The number of benzene rings is 1. The molecule has 2 aromatic rings. The molecule has 2 saturated heterocycles. The molecule has 0 aliphatic carbocycles. The summed E-state index contributed by atoms with van der Waals surface area (Å²) in [5, 5.41) is 3.05. The van der Waals surface area contributed by atoms with Gasteiger partial charge in [0, 0.05) is 43.3 Å². The number of amides is 1. The molecule has 2 fully saturated rings. The Labute approximate surface area is 161 Å². The predicted octanol–water partition coefficient (Wildman–Crippen LogP) is 3.97. The maximum atomic E-state index is 12.8. The lowest BCUT2D eigenvalue weighted by Crippen LogP contribution is -2.48. The van der Waals surface area contributed by atoms with Gasteiger partial charge in [-0.15, -0.1) is 34.9 Å². The monoisotopic (exact) mass is 391 g/mol. The molecule has 0 spiro atoms. The van der Waals surface area contributed by atoms with E-state index in [9.17, 15) is 4.79 Å². The number of aromatic nitrogens is 1. The Bertz CT molecular complexity index is 691. The molecule has 1 aromatic heterocycles. The molecule has 0 radical (unpaired) electrons. The van der Waals surface area contributed by atoms with Crippen molar-refractivity contribution in [1.29, 1.82) is 0 Å². The van der Waals surface area contributed by atoms with E-state index in [1.165, 1.54) is 23.5 Å². The van der Waals surface area contributed by atoms with Crippen molar-refractivity contribution in [2.45, 2.75) is 11.0 Å². The minimum absolute atomic E-state index is 0.147. The molecule has 1 amide bonds. The van der Waals surface area contributed by atoms with Crippen LogP contribution in [0, 0.1) is 0 Å². The van der Waals surface area contributed by atoms with Crippen LogP contribution in [0.5, 0.6) is 0 Å². The van der Waals surface area contributed by atoms with E-state index in [1.54, 1.807) is 11.3 Å². The smallest absolute Gasteiger partial charge is 0.253 e. The zero-order chi connectivity index (χ0) is 17.1. The lowest BCUT2D eigenvalue weighted by molar-refractivity contribution is 0.0747. The molecule has 1 aromatic carbocycles. The number of hydrogen-bond acceptors (Lipinski definition) is 6. The van der Waals surface area contributed by atoms with Gasteiger partial charge < -0.3 is 9.80 Å². The van der Waals surface area contributed by atoms with Crippen LogP contribution in [-0.4, -0.2) is 53.5 Å². The van der Waals surface area contributed by atoms with E-state index in [2.05, 4.69) is 22.0 Å². The van der Waals surface area contributed by atoms with Crippen molar-refractivity contribution < 1.29 is 4.79 Å². The van der Waals surface area contributed by atoms with Crippen LogP contribution in [0.3, 0.4) is 0 Å². The standard InChI is InChI=1S/C18H21N3OS3/c22-16(20-7-9-21(10-8-20)18-19-6-13-25-18)14-2-4-15(5-3-14)17-23-11-1-12-24-17/h2-6,13,17H,1,7-12H2. The van der Waals surface area contributed by atoms with Gasteiger partial charge in [0.15, 0.2) is 5.13 Å². The summed E-state index contributed by atoms with van der Waals surface area (Å²) in [5.74, 6) is 2.62. The number of piperazine rings is 1. The SMILES string of the molecule is O=C(c1ccc(C2SCCCS2)cc1)N1CCN(c2nccs2)CC1. The molecule has 3 heterocycles. The maximum absolute atomic E-state index is 12.8. The summed E-state index contributed by atoms with van der Waals surface area (Å²) in [6, 6.07) is 8.27. The number of thiazole rings is 1. The Kier molecular flexibility index (Phi) is 5.53. The van der Waals surface area contributed by atoms with E-state index in [4.69, 9.17) is 0 Å². The highest BCUT2D eigenvalue weighted by Gasteiger charge is 2.24. The average molecular weight is 392 g/mol. The first-order chi connectivity index (χ1) is 12.3. The van der Waals surface area contributed by atoms with Crippen LogP contribution in [0.1, 0.15) is 26.9 Å². The number of carbonyl (C=O) groups excluding carboxylic acids is 1. The summed E-state index contributed by atoms with van der Waals surface area (Å²) >= 11 is 5.69. The van der Waals surface area contributed by atoms with Crippen molar-refractivity contribution in [1.82, 2.24) is 9.88 Å². The van der Waals surface area contributed by atoms with Crippen LogP contribution in [-0.2, 0) is 0 Å². The van der Waals surface area contributed by atoms with Gasteiger partial charge in [-0.1, -0.05) is 12.1 Å². The minimum atomic E-state index is 0.147. The van der Waals surface area contributed by atoms with Crippen LogP contribution in [0.4, 0.5) is 5.13 Å². The zero-order valence-electron chi connectivity index (χ0n) is 14.0. The second-order valence-electron chi connectivity index (χ2n) is 6.14. The van der Waals surface area contributed by atoms with Crippen LogP contribution in [0.2, 0.25) is 0 Å². The summed E-state index contributed by atoms with van der Waals surface area (Å²) in [6.07, 6.45) is 3.14. The Morgan fingerprint density at radius 1 is 1.04 bits per heavy atom. The highest BCUT2D eigenvalue weighted by molar-refractivity contribution is 8.16. The van der Waals surface area contributed by atoms with E-state index in [0.717, 1.165) is 36.9 Å². The minimum Gasteiger partial charge on any atom is -0.345 e. The van der Waals surface area contributed by atoms with Crippen molar-refractivity contribution in [3.05, 3.63) is 47.0 Å². The Hall–Kier alpha value is -1.18. The molecule has 0 N–H and O–H groups in total. The highest BCUT2D eigenvalue weighted by atomic mass is 32.2. The van der Waals surface area contributed by atoms with Gasteiger partial charge in [0.2, 0.25) is 0 Å². The second kappa shape index (κ2) is 8.01. The lowest BCUT2D eigenvalue weighted by Gasteiger charge is -2.34. The van der Waals surface area contributed by atoms with Gasteiger partial charge in [0.1, 0.15) is 0 Å². The van der Waals surface area contributed by atoms with Gasteiger partial charge in [-0.3, -0.25) is 4.79 Å². The van der Waals surface area contributed by atoms with Crippen LogP contribution in [0.25, 0.3) is 0 Å². The van der Waals surface area contributed by atoms with Crippen LogP contribution >= 0.6 is 34.9 Å². The fourth-order valence-electron chi connectivity index (χ4n) is 3.12. The number of hydrogen-bond donors (Lipinski definition) is 0. The largest absolute Gasteiger partial charge is 0.345 e. The van der Waals surface area contributed by atoms with Crippen LogP contribution in [0.15, 0.2) is 35.8 Å². The zero-order valence-corrected chi connectivity index (χ0v) is 16.4. The molecule has 4 nitrogen and oxygen atoms in total. The Balaban J connectivity index is 1.36.